The summed E-state index contributed by atoms with van der Waals surface area (Å²) in [5.74, 6) is 0.719. The summed E-state index contributed by atoms with van der Waals surface area (Å²) < 4.78 is 0. The molecule has 0 bridgehead atoms. The lowest BCUT2D eigenvalue weighted by molar-refractivity contribution is 0.236. The fourth-order valence-corrected chi connectivity index (χ4v) is 1.68. The Bertz CT molecular complexity index is 169. The quantitative estimate of drug-likeness (QED) is 0.632. The highest BCUT2D eigenvalue weighted by Gasteiger charge is 2.07. The van der Waals surface area contributed by atoms with E-state index in [-0.39, 0.29) is 0 Å². The molecule has 104 valence electrons. The van der Waals surface area contributed by atoms with Gasteiger partial charge < -0.3 is 15.1 Å². The summed E-state index contributed by atoms with van der Waals surface area (Å²) >= 11 is 0. The molecule has 0 spiro atoms. The number of nitrogens with one attached hydrogen (secondary N) is 1. The van der Waals surface area contributed by atoms with Gasteiger partial charge >= 0.3 is 0 Å². The van der Waals surface area contributed by atoms with Gasteiger partial charge in [0.1, 0.15) is 0 Å². The summed E-state index contributed by atoms with van der Waals surface area (Å²) in [4.78, 5) is 4.81. The molecule has 3 nitrogen and oxygen atoms in total. The molecule has 0 radical (unpaired) electrons. The molecule has 0 aliphatic carbocycles. The lowest BCUT2D eigenvalue weighted by Crippen LogP contribution is -2.40. The maximum Gasteiger partial charge on any atom is 0.0110 e. The molecule has 1 unspecified atom stereocenters. The van der Waals surface area contributed by atoms with E-state index in [0.717, 1.165) is 19.0 Å². The van der Waals surface area contributed by atoms with Crippen molar-refractivity contribution in [2.24, 2.45) is 5.92 Å². The smallest absolute Gasteiger partial charge is 0.0110 e. The highest BCUT2D eigenvalue weighted by molar-refractivity contribution is 4.67. The van der Waals surface area contributed by atoms with Gasteiger partial charge in [0, 0.05) is 32.2 Å². The van der Waals surface area contributed by atoms with Gasteiger partial charge in [0.25, 0.3) is 0 Å². The molecule has 0 saturated carbocycles. The Morgan fingerprint density at radius 3 is 2.06 bits per heavy atom. The van der Waals surface area contributed by atoms with E-state index in [1.165, 1.54) is 26.1 Å². The van der Waals surface area contributed by atoms with Gasteiger partial charge in [-0.25, -0.2) is 0 Å². The molecule has 0 aromatic carbocycles. The van der Waals surface area contributed by atoms with Crippen LogP contribution < -0.4 is 5.32 Å². The van der Waals surface area contributed by atoms with Crippen molar-refractivity contribution in [2.75, 3.05) is 46.8 Å². The van der Waals surface area contributed by atoms with E-state index < -0.39 is 0 Å². The maximum atomic E-state index is 3.60. The molecule has 0 fully saturated rings. The van der Waals surface area contributed by atoms with Crippen molar-refractivity contribution in [2.45, 2.75) is 40.2 Å². The molecule has 0 aliphatic rings. The first kappa shape index (κ1) is 16.9. The van der Waals surface area contributed by atoms with Crippen LogP contribution in [0.3, 0.4) is 0 Å². The Labute approximate surface area is 109 Å². The predicted molar refractivity (Wildman–Crippen MR) is 77.6 cm³/mol. The molecular formula is C14H33N3. The van der Waals surface area contributed by atoms with Gasteiger partial charge in [0.05, 0.1) is 0 Å². The number of hydrogen-bond donors (Lipinski definition) is 1. The van der Waals surface area contributed by atoms with Crippen molar-refractivity contribution < 1.29 is 0 Å². The lowest BCUT2D eigenvalue weighted by atomic mass is 10.1. The summed E-state index contributed by atoms with van der Waals surface area (Å²) in [5, 5.41) is 3.60. The molecule has 0 aromatic heterocycles. The number of hydrogen-bond acceptors (Lipinski definition) is 3. The Morgan fingerprint density at radius 2 is 1.59 bits per heavy atom. The third-order valence-electron chi connectivity index (χ3n) is 3.30. The van der Waals surface area contributed by atoms with Crippen LogP contribution in [0, 0.1) is 5.92 Å². The Kier molecular flexibility index (Phi) is 9.79. The molecule has 0 heterocycles. The highest BCUT2D eigenvalue weighted by atomic mass is 15.2. The second kappa shape index (κ2) is 9.86. The molecular weight excluding hydrogens is 210 g/mol. The van der Waals surface area contributed by atoms with Crippen LogP contribution in [0.15, 0.2) is 0 Å². The third-order valence-corrected chi connectivity index (χ3v) is 3.30. The van der Waals surface area contributed by atoms with Crippen molar-refractivity contribution in [3.8, 4) is 0 Å². The van der Waals surface area contributed by atoms with E-state index in [1.54, 1.807) is 0 Å². The van der Waals surface area contributed by atoms with Crippen LogP contribution in [0.4, 0.5) is 0 Å². The van der Waals surface area contributed by atoms with Crippen LogP contribution in [0.5, 0.6) is 0 Å². The maximum absolute atomic E-state index is 3.60. The van der Waals surface area contributed by atoms with Crippen LogP contribution >= 0.6 is 0 Å². The van der Waals surface area contributed by atoms with E-state index in [0.29, 0.717) is 6.04 Å². The van der Waals surface area contributed by atoms with Crippen molar-refractivity contribution in [1.82, 2.24) is 15.1 Å². The topological polar surface area (TPSA) is 18.5 Å². The van der Waals surface area contributed by atoms with Crippen LogP contribution in [-0.4, -0.2) is 62.7 Å². The molecule has 0 amide bonds. The zero-order valence-electron chi connectivity index (χ0n) is 12.8. The van der Waals surface area contributed by atoms with E-state index in [2.05, 4.69) is 56.9 Å². The zero-order valence-corrected chi connectivity index (χ0v) is 12.8. The van der Waals surface area contributed by atoms with Crippen molar-refractivity contribution in [3.05, 3.63) is 0 Å². The van der Waals surface area contributed by atoms with Gasteiger partial charge in [-0.1, -0.05) is 20.8 Å². The van der Waals surface area contributed by atoms with Gasteiger partial charge in [-0.05, 0) is 39.9 Å². The average molecular weight is 243 g/mol. The molecule has 1 atom stereocenters. The van der Waals surface area contributed by atoms with Gasteiger partial charge in [-0.15, -0.1) is 0 Å². The monoisotopic (exact) mass is 243 g/mol. The zero-order chi connectivity index (χ0) is 13.3. The van der Waals surface area contributed by atoms with Gasteiger partial charge in [0.15, 0.2) is 0 Å². The van der Waals surface area contributed by atoms with E-state index in [9.17, 15) is 0 Å². The highest BCUT2D eigenvalue weighted by Crippen LogP contribution is 1.99. The SMILES string of the molecule is CCCN(CCNC(C)C(C)C)CCN(C)C. The molecule has 1 N–H and O–H groups in total. The lowest BCUT2D eigenvalue weighted by Gasteiger charge is -2.25. The fraction of sp³-hybridized carbons (Fsp3) is 1.00. The minimum atomic E-state index is 0.618. The van der Waals surface area contributed by atoms with Gasteiger partial charge in [-0.3, -0.25) is 0 Å². The van der Waals surface area contributed by atoms with E-state index >= 15 is 0 Å². The number of likely N-dealkylation sites (N-methyl/N-ethyl adjacent to an activating group) is 1. The summed E-state index contributed by atoms with van der Waals surface area (Å²) in [6.45, 7) is 14.9. The van der Waals surface area contributed by atoms with Gasteiger partial charge in [0.2, 0.25) is 0 Å². The van der Waals surface area contributed by atoms with Crippen molar-refractivity contribution >= 4 is 0 Å². The second-order valence-electron chi connectivity index (χ2n) is 5.63. The standard InChI is InChI=1S/C14H33N3/c1-7-9-17(12-11-16(5)6)10-8-15-14(4)13(2)3/h13-15H,7-12H2,1-6H3. The Morgan fingerprint density at radius 1 is 0.941 bits per heavy atom. The summed E-state index contributed by atoms with van der Waals surface area (Å²) in [6.07, 6.45) is 1.24. The minimum Gasteiger partial charge on any atom is -0.313 e. The normalized spacial score (nSPS) is 13.9. The molecule has 3 heteroatoms. The average Bonchev–Trinajstić information content (AvgIpc) is 2.25. The molecule has 0 aromatic rings. The third kappa shape index (κ3) is 9.57. The predicted octanol–water partition coefficient (Wildman–Crippen LogP) is 1.89. The van der Waals surface area contributed by atoms with Crippen LogP contribution in [0.1, 0.15) is 34.1 Å². The largest absolute Gasteiger partial charge is 0.313 e. The van der Waals surface area contributed by atoms with Crippen molar-refractivity contribution in [1.29, 1.82) is 0 Å². The van der Waals surface area contributed by atoms with Gasteiger partial charge in [-0.2, -0.15) is 0 Å². The van der Waals surface area contributed by atoms with E-state index in [1.807, 2.05) is 0 Å². The molecule has 0 saturated heterocycles. The number of rotatable bonds is 10. The molecule has 0 aliphatic heterocycles. The molecule has 0 rings (SSSR count). The fourth-order valence-electron chi connectivity index (χ4n) is 1.68. The first-order chi connectivity index (χ1) is 7.97. The summed E-state index contributed by atoms with van der Waals surface area (Å²) in [7, 11) is 4.28. The molecule has 17 heavy (non-hydrogen) atoms. The first-order valence-electron chi connectivity index (χ1n) is 7.07. The Hall–Kier alpha value is -0.120. The summed E-state index contributed by atoms with van der Waals surface area (Å²) in [6, 6.07) is 0.618. The first-order valence-corrected chi connectivity index (χ1v) is 7.07. The second-order valence-corrected chi connectivity index (χ2v) is 5.63. The minimum absolute atomic E-state index is 0.618. The van der Waals surface area contributed by atoms with Crippen LogP contribution in [0.25, 0.3) is 0 Å². The van der Waals surface area contributed by atoms with Crippen LogP contribution in [-0.2, 0) is 0 Å². The summed E-state index contributed by atoms with van der Waals surface area (Å²) in [5.41, 5.74) is 0. The Balaban J connectivity index is 3.76. The number of nitrogens with zero attached hydrogens (tertiary/aromatic N) is 2. The van der Waals surface area contributed by atoms with Crippen LogP contribution in [0.2, 0.25) is 0 Å². The van der Waals surface area contributed by atoms with Crippen molar-refractivity contribution in [3.63, 3.8) is 0 Å². The van der Waals surface area contributed by atoms with E-state index in [4.69, 9.17) is 0 Å².